The van der Waals surface area contributed by atoms with Gasteiger partial charge in [0.1, 0.15) is 0 Å². The Balaban J connectivity index is 0.843. The molecule has 16 rings (SSSR count). The molecule has 0 saturated heterocycles. The third kappa shape index (κ3) is 9.26. The van der Waals surface area contributed by atoms with Gasteiger partial charge in [-0.2, -0.15) is 0 Å². The highest BCUT2D eigenvalue weighted by molar-refractivity contribution is 6.14. The lowest BCUT2D eigenvalue weighted by Gasteiger charge is -2.34. The third-order valence-corrected chi connectivity index (χ3v) is 19.3. The molecule has 12 aromatic rings. The number of rotatable bonds is 11. The fraction of sp³-hybridized carbons (Fsp3) is 0.116. The van der Waals surface area contributed by atoms with E-state index in [1.54, 1.807) is 0 Å². The van der Waals surface area contributed by atoms with Crippen LogP contribution in [0, 0.1) is 0 Å². The van der Waals surface area contributed by atoms with E-state index < -0.39 is 0 Å². The van der Waals surface area contributed by atoms with Crippen LogP contribution in [0.5, 0.6) is 0 Å². The molecule has 1 unspecified atom stereocenters. The SMILES string of the molecule is CC1(c2ccc3c(c2)c2cc(C4=C(c5ccccc5)CCC=C4)ccc2n3-c2ccc(N(C3=CCCC=C3)c3ccc(-c4c5c(c(-c6cccc(-c7ccccc7)c6)c6ccccc46)=CCCCC=5)c4ccccc34)cc2)CC=CC=C1c1ccccc1. The lowest BCUT2D eigenvalue weighted by atomic mass is 9.69. The standard InChI is InChI=1S/C86H68N2/c1-86(55-24-23-44-80(86)61-30-11-4-12-31-61)65-46-53-83-79(58-65)78-57-63(70-37-18-17-36-69(70)60-28-9-3-10-29-60)45-52-82(78)88(83)68-49-47-67(48-50-68)87(66-34-13-5-14-35-66)81-54-51-77(71-38-19-20-39-72(71)81)85-75-41-16-6-15-40-73(75)84(74-42-21-22-43-76(74)85)64-33-25-32-62(56-64)59-26-7-2-8-27-59/h2-4,7-13,18-35,37-54,56-58H,5-6,14-17,36,55H2,1H3. The molecule has 0 amide bonds. The minimum Gasteiger partial charge on any atom is -0.310 e. The number of benzene rings is 11. The van der Waals surface area contributed by atoms with Gasteiger partial charge in [-0.3, -0.25) is 0 Å². The Bertz CT molecular complexity index is 5060. The normalized spacial score (nSPS) is 16.5. The highest BCUT2D eigenvalue weighted by Crippen LogP contribution is 2.48. The average Bonchev–Trinajstić information content (AvgIpc) is 1.11. The van der Waals surface area contributed by atoms with E-state index in [0.29, 0.717) is 0 Å². The Morgan fingerprint density at radius 3 is 1.81 bits per heavy atom. The van der Waals surface area contributed by atoms with Crippen molar-refractivity contribution >= 4 is 83.6 Å². The summed E-state index contributed by atoms with van der Waals surface area (Å²) in [5.41, 5.74) is 23.6. The van der Waals surface area contributed by atoms with E-state index >= 15 is 0 Å². The van der Waals surface area contributed by atoms with Crippen molar-refractivity contribution in [3.8, 4) is 39.1 Å². The van der Waals surface area contributed by atoms with Gasteiger partial charge < -0.3 is 9.47 Å². The number of aromatic nitrogens is 1. The summed E-state index contributed by atoms with van der Waals surface area (Å²) < 4.78 is 2.50. The molecule has 1 aromatic heterocycles. The first-order valence-electron chi connectivity index (χ1n) is 31.7. The smallest absolute Gasteiger partial charge is 0.0541 e. The number of fused-ring (bicyclic) bond motifs is 6. The van der Waals surface area contributed by atoms with Gasteiger partial charge in [0, 0.05) is 38.6 Å². The Morgan fingerprint density at radius 2 is 1.06 bits per heavy atom. The van der Waals surface area contributed by atoms with Crippen LogP contribution < -0.4 is 15.3 Å². The van der Waals surface area contributed by atoms with Gasteiger partial charge in [-0.1, -0.05) is 238 Å². The number of hydrogen-bond acceptors (Lipinski definition) is 1. The van der Waals surface area contributed by atoms with Crippen molar-refractivity contribution in [2.24, 2.45) is 0 Å². The summed E-state index contributed by atoms with van der Waals surface area (Å²) in [6, 6.07) is 89.0. The molecular weight excluding hydrogens is 1060 g/mol. The summed E-state index contributed by atoms with van der Waals surface area (Å²) in [7, 11) is 0. The Hall–Kier alpha value is -10.3. The van der Waals surface area contributed by atoms with Crippen LogP contribution in [0.4, 0.5) is 11.4 Å². The lowest BCUT2D eigenvalue weighted by molar-refractivity contribution is 0.621. The fourth-order valence-electron chi connectivity index (χ4n) is 15.0. The second-order valence-corrected chi connectivity index (χ2v) is 24.5. The Labute approximate surface area is 516 Å². The number of anilines is 2. The molecule has 0 N–H and O–H groups in total. The maximum absolute atomic E-state index is 2.54. The summed E-state index contributed by atoms with van der Waals surface area (Å²) in [5, 5.41) is 10.2. The van der Waals surface area contributed by atoms with Gasteiger partial charge in [0.25, 0.3) is 0 Å². The van der Waals surface area contributed by atoms with Crippen molar-refractivity contribution in [1.29, 1.82) is 0 Å². The summed E-state index contributed by atoms with van der Waals surface area (Å²) in [4.78, 5) is 2.50. The molecule has 0 fully saturated rings. The Morgan fingerprint density at radius 1 is 0.420 bits per heavy atom. The van der Waals surface area contributed by atoms with Crippen LogP contribution in [-0.4, -0.2) is 4.57 Å². The molecule has 0 aliphatic heterocycles. The summed E-state index contributed by atoms with van der Waals surface area (Å²) in [6.45, 7) is 2.43. The summed E-state index contributed by atoms with van der Waals surface area (Å²) in [6.07, 6.45) is 32.0. The van der Waals surface area contributed by atoms with Crippen molar-refractivity contribution in [3.63, 3.8) is 0 Å². The molecule has 2 heteroatoms. The number of hydrogen-bond donors (Lipinski definition) is 0. The van der Waals surface area contributed by atoms with E-state index in [-0.39, 0.29) is 5.41 Å². The van der Waals surface area contributed by atoms with Crippen molar-refractivity contribution in [2.75, 3.05) is 4.90 Å². The lowest BCUT2D eigenvalue weighted by Crippen LogP contribution is -2.29. The van der Waals surface area contributed by atoms with Gasteiger partial charge in [-0.15, -0.1) is 0 Å². The van der Waals surface area contributed by atoms with E-state index in [1.165, 1.54) is 132 Å². The minimum atomic E-state index is -0.217. The zero-order chi connectivity index (χ0) is 58.5. The maximum atomic E-state index is 2.54. The molecule has 88 heavy (non-hydrogen) atoms. The quantitative estimate of drug-likeness (QED) is 0.125. The molecule has 11 aromatic carbocycles. The van der Waals surface area contributed by atoms with Crippen molar-refractivity contribution in [1.82, 2.24) is 4.57 Å². The largest absolute Gasteiger partial charge is 0.310 e. The van der Waals surface area contributed by atoms with Gasteiger partial charge in [-0.05, 0) is 217 Å². The number of nitrogens with zero attached hydrogens (tertiary/aromatic N) is 2. The first-order chi connectivity index (χ1) is 43.6. The molecule has 0 spiro atoms. The maximum Gasteiger partial charge on any atom is 0.0541 e. The molecular formula is C86H68N2. The van der Waals surface area contributed by atoms with Crippen LogP contribution in [0.2, 0.25) is 0 Å². The van der Waals surface area contributed by atoms with Crippen molar-refractivity contribution in [2.45, 2.75) is 63.7 Å². The minimum absolute atomic E-state index is 0.217. The highest BCUT2D eigenvalue weighted by Gasteiger charge is 2.33. The van der Waals surface area contributed by atoms with Crippen LogP contribution in [-0.2, 0) is 5.41 Å². The van der Waals surface area contributed by atoms with E-state index in [2.05, 4.69) is 314 Å². The molecule has 1 heterocycles. The molecule has 422 valence electrons. The van der Waals surface area contributed by atoms with Crippen LogP contribution >= 0.6 is 0 Å². The van der Waals surface area contributed by atoms with Gasteiger partial charge in [0.05, 0.1) is 16.7 Å². The highest BCUT2D eigenvalue weighted by atomic mass is 15.1. The molecule has 0 radical (unpaired) electrons. The van der Waals surface area contributed by atoms with Crippen LogP contribution in [0.25, 0.3) is 111 Å². The molecule has 0 bridgehead atoms. The van der Waals surface area contributed by atoms with Crippen LogP contribution in [0.3, 0.4) is 0 Å². The predicted octanol–water partition coefficient (Wildman–Crippen LogP) is 21.8. The first kappa shape index (κ1) is 53.2. The van der Waals surface area contributed by atoms with Crippen LogP contribution in [0.15, 0.2) is 291 Å². The predicted molar refractivity (Wildman–Crippen MR) is 376 cm³/mol. The molecule has 1 atom stereocenters. The fourth-order valence-corrected chi connectivity index (χ4v) is 15.0. The van der Waals surface area contributed by atoms with Crippen molar-refractivity contribution in [3.05, 3.63) is 324 Å². The van der Waals surface area contributed by atoms with Gasteiger partial charge in [0.2, 0.25) is 0 Å². The second-order valence-electron chi connectivity index (χ2n) is 24.5. The second kappa shape index (κ2) is 22.5. The number of allylic oxidation sites excluding steroid dienone is 11. The molecule has 4 aliphatic carbocycles. The first-order valence-corrected chi connectivity index (χ1v) is 31.7. The summed E-state index contributed by atoms with van der Waals surface area (Å²) >= 11 is 0. The van der Waals surface area contributed by atoms with Gasteiger partial charge >= 0.3 is 0 Å². The molecule has 2 nitrogen and oxygen atoms in total. The third-order valence-electron chi connectivity index (χ3n) is 19.3. The van der Waals surface area contributed by atoms with Gasteiger partial charge in [-0.25, -0.2) is 0 Å². The van der Waals surface area contributed by atoms with E-state index in [4.69, 9.17) is 0 Å². The van der Waals surface area contributed by atoms with Crippen molar-refractivity contribution < 1.29 is 0 Å². The zero-order valence-electron chi connectivity index (χ0n) is 49.8. The van der Waals surface area contributed by atoms with E-state index in [9.17, 15) is 0 Å². The Kier molecular flexibility index (Phi) is 13.6. The van der Waals surface area contributed by atoms with Gasteiger partial charge in [0.15, 0.2) is 0 Å². The molecule has 4 aliphatic rings. The van der Waals surface area contributed by atoms with E-state index in [0.717, 1.165) is 68.4 Å². The topological polar surface area (TPSA) is 8.17 Å². The average molecular weight is 1130 g/mol. The monoisotopic (exact) mass is 1130 g/mol. The van der Waals surface area contributed by atoms with Crippen LogP contribution in [0.1, 0.15) is 80.5 Å². The summed E-state index contributed by atoms with van der Waals surface area (Å²) in [5.74, 6) is 0. The zero-order valence-corrected chi connectivity index (χ0v) is 49.8. The van der Waals surface area contributed by atoms with E-state index in [1.807, 2.05) is 0 Å². The molecule has 0 saturated carbocycles.